The third kappa shape index (κ3) is 7.51. The molecule has 1 fully saturated rings. The van der Waals surface area contributed by atoms with Crippen LogP contribution < -0.4 is 10.6 Å². The van der Waals surface area contributed by atoms with Gasteiger partial charge in [-0.1, -0.05) is 61.5 Å². The van der Waals surface area contributed by atoms with E-state index in [1.165, 1.54) is 5.56 Å². The number of rotatable bonds is 6. The largest absolute Gasteiger partial charge is 0.348 e. The van der Waals surface area contributed by atoms with E-state index in [4.69, 9.17) is 0 Å². The van der Waals surface area contributed by atoms with Crippen LogP contribution in [0.2, 0.25) is 0 Å². The topological polar surface area (TPSA) is 130 Å². The SMILES string of the molecule is CC(C)c1ccc(-n2cc(CN3CCN4C(=O)[C@H](Cc5ccccc5)NC(=O)CCCn5cc(nn5)CNC(=O)[C@H]4C3)cn2)cc1. The number of aryl methyl sites for hydroxylation is 1. The molecule has 2 aliphatic heterocycles. The molecular weight excluding hydrogens is 582 g/mol. The maximum Gasteiger partial charge on any atom is 0.246 e. The van der Waals surface area contributed by atoms with Crippen LogP contribution in [0, 0.1) is 0 Å². The molecule has 3 amide bonds. The molecule has 0 unspecified atom stereocenters. The fourth-order valence-corrected chi connectivity index (χ4v) is 6.07. The number of hydrogen-bond donors (Lipinski definition) is 2. The quantitative estimate of drug-likeness (QED) is 0.338. The molecule has 2 N–H and O–H groups in total. The van der Waals surface area contributed by atoms with Gasteiger partial charge in [-0.25, -0.2) is 4.68 Å². The van der Waals surface area contributed by atoms with Crippen molar-refractivity contribution in [2.24, 2.45) is 0 Å². The Morgan fingerprint density at radius 3 is 2.52 bits per heavy atom. The molecule has 0 spiro atoms. The molecule has 240 valence electrons. The van der Waals surface area contributed by atoms with Crippen molar-refractivity contribution in [3.63, 3.8) is 0 Å². The zero-order chi connectivity index (χ0) is 32.0. The highest BCUT2D eigenvalue weighted by Gasteiger charge is 2.38. The lowest BCUT2D eigenvalue weighted by atomic mass is 10.0. The van der Waals surface area contributed by atoms with Gasteiger partial charge in [-0.05, 0) is 35.6 Å². The van der Waals surface area contributed by atoms with Gasteiger partial charge in [-0.15, -0.1) is 5.10 Å². The minimum atomic E-state index is -0.792. The Morgan fingerprint density at radius 2 is 1.74 bits per heavy atom. The van der Waals surface area contributed by atoms with Crippen molar-refractivity contribution < 1.29 is 14.4 Å². The van der Waals surface area contributed by atoms with Crippen molar-refractivity contribution >= 4 is 17.7 Å². The van der Waals surface area contributed by atoms with Crippen LogP contribution in [0.4, 0.5) is 0 Å². The summed E-state index contributed by atoms with van der Waals surface area (Å²) in [5.41, 5.74) is 4.82. The second-order valence-electron chi connectivity index (χ2n) is 12.4. The standard InChI is InChI=1S/C34H41N9O3/c1-24(2)27-10-12-29(13-11-27)43-21-26(18-36-43)20-40-15-16-42-31(23-40)33(45)35-19-28-22-41(39-38-28)14-6-9-32(44)37-30(34(42)46)17-25-7-4-3-5-8-25/h3-5,7-8,10-13,18,21-22,24,30-31H,6,9,14-17,19-20,23H2,1-2H3,(H,35,45)(H,37,44)/t30-,31+/m0/s1. The molecule has 12 heteroatoms. The minimum absolute atomic E-state index is 0.199. The Bertz CT molecular complexity index is 1650. The molecule has 6 rings (SSSR count). The molecule has 2 atom stereocenters. The molecule has 4 heterocycles. The normalized spacial score (nSPS) is 20.1. The Kier molecular flexibility index (Phi) is 9.53. The number of hydrogen-bond acceptors (Lipinski definition) is 7. The first kappa shape index (κ1) is 31.2. The summed E-state index contributed by atoms with van der Waals surface area (Å²) in [4.78, 5) is 44.8. The van der Waals surface area contributed by atoms with Crippen LogP contribution in [-0.4, -0.2) is 84.0 Å². The van der Waals surface area contributed by atoms with Crippen molar-refractivity contribution in [2.45, 2.75) is 70.7 Å². The Balaban J connectivity index is 1.21. The summed E-state index contributed by atoms with van der Waals surface area (Å²) in [7, 11) is 0. The maximum absolute atomic E-state index is 14.2. The van der Waals surface area contributed by atoms with E-state index in [2.05, 4.69) is 69.1 Å². The summed E-state index contributed by atoms with van der Waals surface area (Å²) in [5.74, 6) is -0.278. The van der Waals surface area contributed by atoms with E-state index < -0.39 is 12.1 Å². The summed E-state index contributed by atoms with van der Waals surface area (Å²) >= 11 is 0. The lowest BCUT2D eigenvalue weighted by Crippen LogP contribution is -2.63. The van der Waals surface area contributed by atoms with E-state index in [1.807, 2.05) is 47.4 Å². The zero-order valence-corrected chi connectivity index (χ0v) is 26.4. The first-order valence-corrected chi connectivity index (χ1v) is 16.0. The van der Waals surface area contributed by atoms with Gasteiger partial charge < -0.3 is 15.5 Å². The second-order valence-corrected chi connectivity index (χ2v) is 12.4. The molecule has 0 saturated carbocycles. The van der Waals surface area contributed by atoms with Gasteiger partial charge >= 0.3 is 0 Å². The molecule has 2 aromatic heterocycles. The van der Waals surface area contributed by atoms with Crippen LogP contribution in [0.25, 0.3) is 5.69 Å². The molecule has 0 radical (unpaired) electrons. The lowest BCUT2D eigenvalue weighted by molar-refractivity contribution is -0.146. The predicted molar refractivity (Wildman–Crippen MR) is 172 cm³/mol. The van der Waals surface area contributed by atoms with Gasteiger partial charge in [0.05, 0.1) is 24.6 Å². The summed E-state index contributed by atoms with van der Waals surface area (Å²) in [6, 6.07) is 16.5. The van der Waals surface area contributed by atoms with Gasteiger partial charge in [0.15, 0.2) is 0 Å². The van der Waals surface area contributed by atoms with Gasteiger partial charge in [-0.2, -0.15) is 5.10 Å². The predicted octanol–water partition coefficient (Wildman–Crippen LogP) is 2.44. The van der Waals surface area contributed by atoms with Crippen LogP contribution in [-0.2, 0) is 40.4 Å². The summed E-state index contributed by atoms with van der Waals surface area (Å²) < 4.78 is 3.54. The van der Waals surface area contributed by atoms with E-state index in [1.54, 1.807) is 15.8 Å². The van der Waals surface area contributed by atoms with E-state index in [9.17, 15) is 14.4 Å². The van der Waals surface area contributed by atoms with Gasteiger partial charge in [0.25, 0.3) is 0 Å². The number of nitrogens with zero attached hydrogens (tertiary/aromatic N) is 7. The zero-order valence-electron chi connectivity index (χ0n) is 26.4. The lowest BCUT2D eigenvalue weighted by Gasteiger charge is -2.41. The average Bonchev–Trinajstić information content (AvgIpc) is 3.73. The molecule has 4 aromatic rings. The number of carbonyl (C=O) groups is 3. The minimum Gasteiger partial charge on any atom is -0.348 e. The highest BCUT2D eigenvalue weighted by molar-refractivity contribution is 5.92. The van der Waals surface area contributed by atoms with Crippen molar-refractivity contribution in [2.75, 3.05) is 19.6 Å². The number of carbonyl (C=O) groups excluding carboxylic acids is 3. The number of nitrogens with one attached hydrogen (secondary N) is 2. The smallest absolute Gasteiger partial charge is 0.246 e. The van der Waals surface area contributed by atoms with Crippen LogP contribution in [0.5, 0.6) is 0 Å². The molecule has 0 aliphatic carbocycles. The van der Waals surface area contributed by atoms with E-state index in [0.29, 0.717) is 57.2 Å². The Morgan fingerprint density at radius 1 is 0.935 bits per heavy atom. The van der Waals surface area contributed by atoms with Gasteiger partial charge in [0.2, 0.25) is 17.7 Å². The van der Waals surface area contributed by atoms with Crippen LogP contribution in [0.1, 0.15) is 55.0 Å². The summed E-state index contributed by atoms with van der Waals surface area (Å²) in [6.07, 6.45) is 6.77. The Hall–Kier alpha value is -4.84. The van der Waals surface area contributed by atoms with Crippen LogP contribution >= 0.6 is 0 Å². The number of aromatic nitrogens is 5. The second kappa shape index (κ2) is 14.1. The molecule has 1 saturated heterocycles. The number of piperazine rings is 1. The summed E-state index contributed by atoms with van der Waals surface area (Å²) in [6.45, 7) is 6.89. The van der Waals surface area contributed by atoms with Gasteiger partial charge in [0, 0.05) is 57.3 Å². The van der Waals surface area contributed by atoms with Crippen molar-refractivity contribution in [3.05, 3.63) is 95.6 Å². The first-order valence-electron chi connectivity index (χ1n) is 16.0. The van der Waals surface area contributed by atoms with Gasteiger partial charge in [-0.3, -0.25) is 24.0 Å². The molecule has 12 nitrogen and oxygen atoms in total. The highest BCUT2D eigenvalue weighted by Crippen LogP contribution is 2.20. The average molecular weight is 624 g/mol. The van der Waals surface area contributed by atoms with E-state index in [-0.39, 0.29) is 30.7 Å². The third-order valence-electron chi connectivity index (χ3n) is 8.65. The fraction of sp³-hybridized carbons (Fsp3) is 0.412. The van der Waals surface area contributed by atoms with E-state index in [0.717, 1.165) is 16.8 Å². The highest BCUT2D eigenvalue weighted by atomic mass is 16.2. The third-order valence-corrected chi connectivity index (χ3v) is 8.65. The molecule has 2 bridgehead atoms. The Labute approximate surface area is 268 Å². The monoisotopic (exact) mass is 623 g/mol. The number of benzene rings is 2. The molecule has 2 aliphatic rings. The maximum atomic E-state index is 14.2. The van der Waals surface area contributed by atoms with Crippen LogP contribution in [0.15, 0.2) is 73.2 Å². The van der Waals surface area contributed by atoms with Crippen molar-refractivity contribution in [1.29, 1.82) is 0 Å². The van der Waals surface area contributed by atoms with E-state index >= 15 is 0 Å². The molecular formula is C34H41N9O3. The molecule has 46 heavy (non-hydrogen) atoms. The molecule has 2 aromatic carbocycles. The van der Waals surface area contributed by atoms with Crippen molar-refractivity contribution in [1.82, 2.24) is 45.2 Å². The number of fused-ring (bicyclic) bond motifs is 3. The van der Waals surface area contributed by atoms with Crippen LogP contribution in [0.3, 0.4) is 0 Å². The first-order chi connectivity index (χ1) is 22.3. The fourth-order valence-electron chi connectivity index (χ4n) is 6.07. The summed E-state index contributed by atoms with van der Waals surface area (Å²) in [5, 5.41) is 18.9. The van der Waals surface area contributed by atoms with Crippen molar-refractivity contribution in [3.8, 4) is 5.69 Å². The van der Waals surface area contributed by atoms with Gasteiger partial charge in [0.1, 0.15) is 17.8 Å². The number of amides is 3.